The highest BCUT2D eigenvalue weighted by atomic mass is 32.1. The molecular formula is C12H17N3OS. The van der Waals surface area contributed by atoms with E-state index >= 15 is 0 Å². The van der Waals surface area contributed by atoms with E-state index in [1.807, 2.05) is 18.2 Å². The smallest absolute Gasteiger partial charge is 0.235 e. The van der Waals surface area contributed by atoms with E-state index in [4.69, 9.17) is 18.0 Å². The molecule has 1 heterocycles. The Hall–Kier alpha value is -1.49. The minimum absolute atomic E-state index is 0.101. The van der Waals surface area contributed by atoms with Crippen LogP contribution < -0.4 is 5.73 Å². The number of hydrogen-bond acceptors (Lipinski definition) is 3. The van der Waals surface area contributed by atoms with Gasteiger partial charge in [-0.3, -0.25) is 9.78 Å². The predicted octanol–water partition coefficient (Wildman–Crippen LogP) is 1.35. The summed E-state index contributed by atoms with van der Waals surface area (Å²) in [6.07, 6.45) is 1.70. The molecule has 5 heteroatoms. The van der Waals surface area contributed by atoms with E-state index in [1.165, 1.54) is 0 Å². The Morgan fingerprint density at radius 3 is 2.65 bits per heavy atom. The molecule has 1 amide bonds. The fraction of sp³-hybridized carbons (Fsp3) is 0.417. The molecule has 17 heavy (non-hydrogen) atoms. The van der Waals surface area contributed by atoms with Crippen LogP contribution in [0.1, 0.15) is 19.5 Å². The molecule has 0 saturated heterocycles. The number of aromatic nitrogens is 1. The van der Waals surface area contributed by atoms with Crippen molar-refractivity contribution in [2.24, 2.45) is 11.1 Å². The molecule has 1 rings (SSSR count). The van der Waals surface area contributed by atoms with E-state index in [0.717, 1.165) is 5.69 Å². The van der Waals surface area contributed by atoms with E-state index in [2.05, 4.69) is 4.98 Å². The number of nitrogens with zero attached hydrogens (tertiary/aromatic N) is 2. The quantitative estimate of drug-likeness (QED) is 0.821. The first-order chi connectivity index (χ1) is 7.85. The van der Waals surface area contributed by atoms with Crippen LogP contribution in [0.5, 0.6) is 0 Å². The molecule has 0 aliphatic heterocycles. The molecule has 92 valence electrons. The fourth-order valence-corrected chi connectivity index (χ4v) is 1.48. The van der Waals surface area contributed by atoms with Crippen LogP contribution in [-0.2, 0) is 11.3 Å². The largest absolute Gasteiger partial charge is 0.392 e. The van der Waals surface area contributed by atoms with Crippen LogP contribution in [-0.4, -0.2) is 27.8 Å². The summed E-state index contributed by atoms with van der Waals surface area (Å²) < 4.78 is 0. The molecule has 0 bridgehead atoms. The highest BCUT2D eigenvalue weighted by Gasteiger charge is 2.33. The number of nitrogens with two attached hydrogens (primary N) is 1. The van der Waals surface area contributed by atoms with E-state index in [-0.39, 0.29) is 10.9 Å². The van der Waals surface area contributed by atoms with Crippen LogP contribution in [0.2, 0.25) is 0 Å². The summed E-state index contributed by atoms with van der Waals surface area (Å²) in [4.78, 5) is 18.1. The van der Waals surface area contributed by atoms with Gasteiger partial charge >= 0.3 is 0 Å². The van der Waals surface area contributed by atoms with Gasteiger partial charge in [-0.05, 0) is 26.0 Å². The van der Waals surface area contributed by atoms with Gasteiger partial charge in [0, 0.05) is 13.2 Å². The zero-order valence-corrected chi connectivity index (χ0v) is 11.1. The molecule has 0 unspecified atom stereocenters. The third-order valence-electron chi connectivity index (χ3n) is 2.62. The molecule has 0 radical (unpaired) electrons. The first-order valence-electron chi connectivity index (χ1n) is 5.31. The zero-order valence-electron chi connectivity index (χ0n) is 10.3. The lowest BCUT2D eigenvalue weighted by molar-refractivity contribution is -0.136. The molecule has 0 aliphatic carbocycles. The van der Waals surface area contributed by atoms with Gasteiger partial charge in [0.25, 0.3) is 0 Å². The van der Waals surface area contributed by atoms with E-state index in [1.54, 1.807) is 32.0 Å². The number of rotatable bonds is 4. The maximum Gasteiger partial charge on any atom is 0.235 e. The fourth-order valence-electron chi connectivity index (χ4n) is 1.39. The third-order valence-corrected chi connectivity index (χ3v) is 3.13. The molecule has 0 aliphatic rings. The summed E-state index contributed by atoms with van der Waals surface area (Å²) in [5.41, 5.74) is 5.59. The average molecular weight is 251 g/mol. The Bertz CT molecular complexity index is 417. The number of hydrogen-bond donors (Lipinski definition) is 1. The lowest BCUT2D eigenvalue weighted by Gasteiger charge is -2.28. The molecule has 0 atom stereocenters. The standard InChI is InChI=1S/C12H17N3OS/c1-12(2,10(13)17)11(16)15(3)8-9-6-4-5-7-14-9/h4-7H,8H2,1-3H3,(H2,13,17). The van der Waals surface area contributed by atoms with Gasteiger partial charge < -0.3 is 10.6 Å². The van der Waals surface area contributed by atoms with Crippen molar-refractivity contribution in [3.63, 3.8) is 0 Å². The van der Waals surface area contributed by atoms with Crippen molar-refractivity contribution < 1.29 is 4.79 Å². The Balaban J connectivity index is 2.75. The number of carbonyl (C=O) groups is 1. The van der Waals surface area contributed by atoms with Crippen molar-refractivity contribution in [2.75, 3.05) is 7.05 Å². The normalized spacial score (nSPS) is 11.0. The molecule has 1 aromatic rings. The molecule has 0 aromatic carbocycles. The second-order valence-electron chi connectivity index (χ2n) is 4.47. The van der Waals surface area contributed by atoms with Crippen molar-refractivity contribution in [1.82, 2.24) is 9.88 Å². The van der Waals surface area contributed by atoms with Gasteiger partial charge in [-0.25, -0.2) is 0 Å². The van der Waals surface area contributed by atoms with Gasteiger partial charge in [0.05, 0.1) is 22.6 Å². The lowest BCUT2D eigenvalue weighted by Crippen LogP contribution is -2.45. The zero-order chi connectivity index (χ0) is 13.1. The third kappa shape index (κ3) is 3.23. The maximum absolute atomic E-state index is 12.1. The predicted molar refractivity (Wildman–Crippen MR) is 71.3 cm³/mol. The second kappa shape index (κ2) is 5.23. The SMILES string of the molecule is CN(Cc1ccccn1)C(=O)C(C)(C)C(N)=S. The van der Waals surface area contributed by atoms with Gasteiger partial charge in [0.2, 0.25) is 5.91 Å². The molecule has 1 aromatic heterocycles. The van der Waals surface area contributed by atoms with Crippen LogP contribution >= 0.6 is 12.2 Å². The van der Waals surface area contributed by atoms with E-state index < -0.39 is 5.41 Å². The number of pyridine rings is 1. The van der Waals surface area contributed by atoms with Crippen LogP contribution in [0.15, 0.2) is 24.4 Å². The van der Waals surface area contributed by atoms with Gasteiger partial charge in [-0.15, -0.1) is 0 Å². The minimum atomic E-state index is -0.821. The summed E-state index contributed by atoms with van der Waals surface area (Å²) >= 11 is 4.91. The van der Waals surface area contributed by atoms with Crippen molar-refractivity contribution in [3.05, 3.63) is 30.1 Å². The first-order valence-corrected chi connectivity index (χ1v) is 5.72. The van der Waals surface area contributed by atoms with E-state index in [9.17, 15) is 4.79 Å². The summed E-state index contributed by atoms with van der Waals surface area (Å²) in [5, 5.41) is 0. The maximum atomic E-state index is 12.1. The summed E-state index contributed by atoms with van der Waals surface area (Å²) in [7, 11) is 1.72. The highest BCUT2D eigenvalue weighted by molar-refractivity contribution is 7.80. The summed E-state index contributed by atoms with van der Waals surface area (Å²) in [6, 6.07) is 5.60. The van der Waals surface area contributed by atoms with Crippen molar-refractivity contribution >= 4 is 23.1 Å². The van der Waals surface area contributed by atoms with Crippen LogP contribution in [0.25, 0.3) is 0 Å². The van der Waals surface area contributed by atoms with Crippen molar-refractivity contribution in [1.29, 1.82) is 0 Å². The summed E-state index contributed by atoms with van der Waals surface area (Å²) in [6.45, 7) is 3.91. The molecule has 0 saturated carbocycles. The Kier molecular flexibility index (Phi) is 4.17. The molecule has 0 fully saturated rings. The first kappa shape index (κ1) is 13.6. The topological polar surface area (TPSA) is 59.2 Å². The highest BCUT2D eigenvalue weighted by Crippen LogP contribution is 2.19. The average Bonchev–Trinajstić information content (AvgIpc) is 2.29. The van der Waals surface area contributed by atoms with Crippen LogP contribution in [0.3, 0.4) is 0 Å². The molecule has 2 N–H and O–H groups in total. The Morgan fingerprint density at radius 1 is 1.53 bits per heavy atom. The Labute approximate surface area is 107 Å². The van der Waals surface area contributed by atoms with Gasteiger partial charge in [0.1, 0.15) is 0 Å². The number of carbonyl (C=O) groups excluding carboxylic acids is 1. The second-order valence-corrected chi connectivity index (χ2v) is 4.91. The minimum Gasteiger partial charge on any atom is -0.392 e. The number of thiocarbonyl (C=S) groups is 1. The van der Waals surface area contributed by atoms with Crippen molar-refractivity contribution in [3.8, 4) is 0 Å². The molecule has 0 spiro atoms. The van der Waals surface area contributed by atoms with Gasteiger partial charge in [-0.1, -0.05) is 18.3 Å². The van der Waals surface area contributed by atoms with E-state index in [0.29, 0.717) is 6.54 Å². The monoisotopic (exact) mass is 251 g/mol. The molecule has 4 nitrogen and oxygen atoms in total. The molecular weight excluding hydrogens is 234 g/mol. The Morgan fingerprint density at radius 2 is 2.18 bits per heavy atom. The van der Waals surface area contributed by atoms with Gasteiger partial charge in [0.15, 0.2) is 0 Å². The van der Waals surface area contributed by atoms with Gasteiger partial charge in [-0.2, -0.15) is 0 Å². The van der Waals surface area contributed by atoms with Crippen LogP contribution in [0, 0.1) is 5.41 Å². The lowest BCUT2D eigenvalue weighted by atomic mass is 9.92. The summed E-state index contributed by atoms with van der Waals surface area (Å²) in [5.74, 6) is -0.101. The number of amides is 1. The van der Waals surface area contributed by atoms with Crippen LogP contribution in [0.4, 0.5) is 0 Å². The van der Waals surface area contributed by atoms with Crippen molar-refractivity contribution in [2.45, 2.75) is 20.4 Å².